The zero-order chi connectivity index (χ0) is 17.4. The summed E-state index contributed by atoms with van der Waals surface area (Å²) in [4.78, 5) is 22.8. The monoisotopic (exact) mass is 337 g/mol. The van der Waals surface area contributed by atoms with Gasteiger partial charge in [0.1, 0.15) is 4.90 Å². The molecule has 0 heterocycles. The first-order chi connectivity index (χ1) is 10.6. The van der Waals surface area contributed by atoms with Crippen LogP contribution in [0.15, 0.2) is 41.3 Å². The highest BCUT2D eigenvalue weighted by Gasteiger charge is 2.24. The smallest absolute Gasteiger partial charge is 0.336 e. The maximum Gasteiger partial charge on any atom is 0.336 e. The van der Waals surface area contributed by atoms with Crippen LogP contribution in [0.1, 0.15) is 26.3 Å². The maximum atomic E-state index is 12.4. The van der Waals surface area contributed by atoms with Gasteiger partial charge in [-0.3, -0.25) is 9.35 Å². The van der Waals surface area contributed by atoms with E-state index in [9.17, 15) is 23.1 Å². The molecule has 0 saturated heterocycles. The number of benzene rings is 2. The van der Waals surface area contributed by atoms with Crippen LogP contribution in [0.4, 0.5) is 5.69 Å². The lowest BCUT2D eigenvalue weighted by atomic mass is 9.97. The first-order valence-corrected chi connectivity index (χ1v) is 7.54. The zero-order valence-electron chi connectivity index (χ0n) is 11.4. The van der Waals surface area contributed by atoms with Crippen molar-refractivity contribution in [3.8, 4) is 5.75 Å². The van der Waals surface area contributed by atoms with Crippen molar-refractivity contribution in [2.24, 2.45) is 0 Å². The molecule has 5 N–H and O–H groups in total. The van der Waals surface area contributed by atoms with E-state index in [0.29, 0.717) is 0 Å². The summed E-state index contributed by atoms with van der Waals surface area (Å²) in [5.74, 6) is -3.05. The number of phenolic OH excluding ortho intramolecular Hbond substituents is 1. The van der Waals surface area contributed by atoms with Gasteiger partial charge in [0.25, 0.3) is 10.1 Å². The quantitative estimate of drug-likeness (QED) is 0.280. The summed E-state index contributed by atoms with van der Waals surface area (Å²) in [5.41, 5.74) is 3.85. The summed E-state index contributed by atoms with van der Waals surface area (Å²) in [5, 5.41) is 19.0. The average molecular weight is 337 g/mol. The van der Waals surface area contributed by atoms with Gasteiger partial charge in [-0.25, -0.2) is 4.79 Å². The number of aromatic hydroxyl groups is 1. The summed E-state index contributed by atoms with van der Waals surface area (Å²) in [6.07, 6.45) is 0. The molecule has 0 aromatic heterocycles. The Morgan fingerprint density at radius 1 is 0.957 bits per heavy atom. The SMILES string of the molecule is Nc1c(S(=O)(=O)O)ccc(C(=O)c2ccccc2C(=O)O)c1O. The molecule has 0 unspecified atom stereocenters. The Labute approximate surface area is 130 Å². The molecule has 0 radical (unpaired) electrons. The molecule has 0 aliphatic heterocycles. The van der Waals surface area contributed by atoms with E-state index in [2.05, 4.69) is 0 Å². The highest BCUT2D eigenvalue weighted by Crippen LogP contribution is 2.33. The van der Waals surface area contributed by atoms with Gasteiger partial charge in [-0.1, -0.05) is 18.2 Å². The fourth-order valence-corrected chi connectivity index (χ4v) is 2.62. The molecule has 9 heteroatoms. The molecule has 120 valence electrons. The minimum absolute atomic E-state index is 0.200. The average Bonchev–Trinajstić information content (AvgIpc) is 2.48. The molecule has 0 aliphatic rings. The zero-order valence-corrected chi connectivity index (χ0v) is 12.2. The van der Waals surface area contributed by atoms with Crippen molar-refractivity contribution < 1.29 is 32.8 Å². The van der Waals surface area contributed by atoms with Crippen LogP contribution < -0.4 is 5.73 Å². The number of aromatic carboxylic acids is 1. The van der Waals surface area contributed by atoms with Crippen LogP contribution in [0.3, 0.4) is 0 Å². The van der Waals surface area contributed by atoms with Crippen molar-refractivity contribution in [1.82, 2.24) is 0 Å². The maximum absolute atomic E-state index is 12.4. The van der Waals surface area contributed by atoms with Gasteiger partial charge in [-0.2, -0.15) is 8.42 Å². The number of hydrogen-bond donors (Lipinski definition) is 4. The van der Waals surface area contributed by atoms with Gasteiger partial charge in [-0.15, -0.1) is 0 Å². The molecule has 23 heavy (non-hydrogen) atoms. The Hall–Kier alpha value is -2.91. The number of carboxylic acid groups (broad SMARTS) is 1. The number of anilines is 1. The lowest BCUT2D eigenvalue weighted by Crippen LogP contribution is -2.11. The third-order valence-corrected chi connectivity index (χ3v) is 4.01. The van der Waals surface area contributed by atoms with Crippen LogP contribution in [0, 0.1) is 0 Å². The van der Waals surface area contributed by atoms with Gasteiger partial charge in [0.15, 0.2) is 11.5 Å². The Morgan fingerprint density at radius 3 is 2.04 bits per heavy atom. The topological polar surface area (TPSA) is 155 Å². The Balaban J connectivity index is 2.63. The predicted octanol–water partition coefficient (Wildman–Crippen LogP) is 1.15. The van der Waals surface area contributed by atoms with E-state index in [1.54, 1.807) is 0 Å². The Bertz CT molecular complexity index is 919. The number of carbonyl (C=O) groups excluding carboxylic acids is 1. The largest absolute Gasteiger partial charge is 0.505 e. The van der Waals surface area contributed by atoms with Crippen molar-refractivity contribution in [3.63, 3.8) is 0 Å². The molecule has 0 spiro atoms. The Kier molecular flexibility index (Phi) is 4.08. The molecule has 0 fully saturated rings. The standard InChI is InChI=1S/C14H11NO7S/c15-11-10(23(20,21)22)6-5-9(13(11)17)12(16)7-3-1-2-4-8(7)14(18)19/h1-6,17H,15H2,(H,18,19)(H,20,21,22). The molecule has 2 aromatic carbocycles. The number of carbonyl (C=O) groups is 2. The molecule has 0 aliphatic carbocycles. The first kappa shape index (κ1) is 16.5. The van der Waals surface area contributed by atoms with E-state index in [1.165, 1.54) is 24.3 Å². The lowest BCUT2D eigenvalue weighted by molar-refractivity contribution is 0.0692. The third-order valence-electron chi connectivity index (χ3n) is 3.10. The number of nitrogens with two attached hydrogens (primary N) is 1. The predicted molar refractivity (Wildman–Crippen MR) is 79.2 cm³/mol. The number of rotatable bonds is 4. The van der Waals surface area contributed by atoms with Crippen LogP contribution in [0.25, 0.3) is 0 Å². The number of ketones is 1. The minimum Gasteiger partial charge on any atom is -0.505 e. The van der Waals surface area contributed by atoms with Crippen molar-refractivity contribution in [2.75, 3.05) is 5.73 Å². The second kappa shape index (κ2) is 5.71. The minimum atomic E-state index is -4.68. The highest BCUT2D eigenvalue weighted by molar-refractivity contribution is 7.86. The lowest BCUT2D eigenvalue weighted by Gasteiger charge is -2.10. The van der Waals surface area contributed by atoms with E-state index in [-0.39, 0.29) is 16.7 Å². The first-order valence-electron chi connectivity index (χ1n) is 6.10. The van der Waals surface area contributed by atoms with Gasteiger partial charge < -0.3 is 15.9 Å². The number of nitrogen functional groups attached to an aromatic ring is 1. The van der Waals surface area contributed by atoms with E-state index >= 15 is 0 Å². The highest BCUT2D eigenvalue weighted by atomic mass is 32.2. The molecular weight excluding hydrogens is 326 g/mol. The van der Waals surface area contributed by atoms with Gasteiger partial charge >= 0.3 is 5.97 Å². The summed E-state index contributed by atoms with van der Waals surface area (Å²) in [7, 11) is -4.68. The van der Waals surface area contributed by atoms with E-state index < -0.39 is 38.2 Å². The second-order valence-electron chi connectivity index (χ2n) is 4.53. The summed E-state index contributed by atoms with van der Waals surface area (Å²) in [6, 6.07) is 7.11. The number of hydrogen-bond acceptors (Lipinski definition) is 6. The molecule has 2 rings (SSSR count). The fourth-order valence-electron chi connectivity index (χ4n) is 2.01. The van der Waals surface area contributed by atoms with E-state index in [0.717, 1.165) is 12.1 Å². The molecule has 0 bridgehead atoms. The van der Waals surface area contributed by atoms with Crippen LogP contribution >= 0.6 is 0 Å². The molecular formula is C14H11NO7S. The second-order valence-corrected chi connectivity index (χ2v) is 5.92. The van der Waals surface area contributed by atoms with Crippen molar-refractivity contribution in [1.29, 1.82) is 0 Å². The van der Waals surface area contributed by atoms with E-state index in [1.807, 2.05) is 0 Å². The number of phenols is 1. The molecule has 2 aromatic rings. The summed E-state index contributed by atoms with van der Waals surface area (Å²) < 4.78 is 31.2. The molecule has 0 atom stereocenters. The van der Waals surface area contributed by atoms with Gasteiger partial charge in [-0.05, 0) is 18.2 Å². The van der Waals surface area contributed by atoms with Crippen LogP contribution in [0.2, 0.25) is 0 Å². The van der Waals surface area contributed by atoms with Crippen LogP contribution in [-0.2, 0) is 10.1 Å². The van der Waals surface area contributed by atoms with E-state index in [4.69, 9.17) is 15.4 Å². The Morgan fingerprint density at radius 2 is 1.52 bits per heavy atom. The van der Waals surface area contributed by atoms with Gasteiger partial charge in [0.2, 0.25) is 0 Å². The summed E-state index contributed by atoms with van der Waals surface area (Å²) in [6.45, 7) is 0. The third kappa shape index (κ3) is 3.00. The fraction of sp³-hybridized carbons (Fsp3) is 0. The molecule has 0 amide bonds. The van der Waals surface area contributed by atoms with Crippen molar-refractivity contribution in [3.05, 3.63) is 53.1 Å². The van der Waals surface area contributed by atoms with Crippen molar-refractivity contribution in [2.45, 2.75) is 4.90 Å². The van der Waals surface area contributed by atoms with Crippen LogP contribution in [-0.4, -0.2) is 34.9 Å². The summed E-state index contributed by atoms with van der Waals surface area (Å²) >= 11 is 0. The van der Waals surface area contributed by atoms with Gasteiger partial charge in [0.05, 0.1) is 16.8 Å². The molecule has 8 nitrogen and oxygen atoms in total. The number of carboxylic acids is 1. The molecule has 0 saturated carbocycles. The normalized spacial score (nSPS) is 11.2. The van der Waals surface area contributed by atoms with Crippen molar-refractivity contribution >= 4 is 27.6 Å². The van der Waals surface area contributed by atoms with Gasteiger partial charge in [0, 0.05) is 5.56 Å². The van der Waals surface area contributed by atoms with Crippen LogP contribution in [0.5, 0.6) is 5.75 Å².